The van der Waals surface area contributed by atoms with Crippen LogP contribution in [0.25, 0.3) is 11.3 Å². The number of hydrogen-bond acceptors (Lipinski definition) is 3. The molecule has 26 heavy (non-hydrogen) atoms. The Kier molecular flexibility index (Phi) is 6.66. The normalized spacial score (nSPS) is 15.0. The van der Waals surface area contributed by atoms with Gasteiger partial charge in [-0.1, -0.05) is 36.8 Å². The molecule has 0 atom stereocenters. The number of H-pyrrole nitrogens is 1. The summed E-state index contributed by atoms with van der Waals surface area (Å²) in [6.45, 7) is 4.73. The lowest BCUT2D eigenvalue weighted by Gasteiger charge is -2.26. The summed E-state index contributed by atoms with van der Waals surface area (Å²) < 4.78 is 0. The summed E-state index contributed by atoms with van der Waals surface area (Å²) in [6, 6.07) is 10.0. The minimum absolute atomic E-state index is 0.0381. The number of amides is 2. The van der Waals surface area contributed by atoms with Gasteiger partial charge in [-0.15, -0.1) is 0 Å². The number of nitrogens with one attached hydrogen (secondary N) is 2. The van der Waals surface area contributed by atoms with Gasteiger partial charge in [0.1, 0.15) is 0 Å². The first kappa shape index (κ1) is 18.5. The fourth-order valence-electron chi connectivity index (χ4n) is 3.43. The van der Waals surface area contributed by atoms with Crippen molar-refractivity contribution in [3.8, 4) is 11.3 Å². The minimum Gasteiger partial charge on any atom is -0.338 e. The highest BCUT2D eigenvalue weighted by atomic mass is 16.2. The number of carbonyl (C=O) groups excluding carboxylic acids is 1. The number of piperidine rings is 1. The van der Waals surface area contributed by atoms with Gasteiger partial charge in [-0.05, 0) is 44.5 Å². The summed E-state index contributed by atoms with van der Waals surface area (Å²) in [5.41, 5.74) is 3.06. The standard InChI is InChI=1S/C20H29N5O/c1-24(20(26)21-11-8-14-25-12-6-3-7-13-25)16-18-15-22-23-19(18)17-9-4-2-5-10-17/h2,4-5,9-10,15H,3,6-8,11-14,16H2,1H3,(H,21,26)(H,22,23). The fourth-order valence-corrected chi connectivity index (χ4v) is 3.43. The number of hydrogen-bond donors (Lipinski definition) is 2. The van der Waals surface area contributed by atoms with E-state index in [1.807, 2.05) is 37.4 Å². The maximum absolute atomic E-state index is 12.3. The smallest absolute Gasteiger partial charge is 0.317 e. The molecule has 1 aromatic carbocycles. The Morgan fingerprint density at radius 3 is 2.77 bits per heavy atom. The number of rotatable bonds is 7. The summed E-state index contributed by atoms with van der Waals surface area (Å²) >= 11 is 0. The highest BCUT2D eigenvalue weighted by Crippen LogP contribution is 2.21. The maximum atomic E-state index is 12.3. The quantitative estimate of drug-likeness (QED) is 0.750. The third kappa shape index (κ3) is 5.08. The molecule has 1 aliphatic rings. The minimum atomic E-state index is -0.0381. The zero-order chi connectivity index (χ0) is 18.2. The molecule has 2 N–H and O–H groups in total. The largest absolute Gasteiger partial charge is 0.338 e. The van der Waals surface area contributed by atoms with E-state index in [1.165, 1.54) is 32.4 Å². The van der Waals surface area contributed by atoms with E-state index in [2.05, 4.69) is 20.4 Å². The van der Waals surface area contributed by atoms with Crippen LogP contribution >= 0.6 is 0 Å². The zero-order valence-electron chi connectivity index (χ0n) is 15.6. The molecule has 0 spiro atoms. The first-order chi connectivity index (χ1) is 12.7. The molecule has 0 aliphatic carbocycles. The summed E-state index contributed by atoms with van der Waals surface area (Å²) in [5, 5.41) is 10.2. The topological polar surface area (TPSA) is 64.3 Å². The van der Waals surface area contributed by atoms with Gasteiger partial charge in [0.25, 0.3) is 0 Å². The van der Waals surface area contributed by atoms with Gasteiger partial charge in [0, 0.05) is 19.2 Å². The number of likely N-dealkylation sites (tertiary alicyclic amines) is 1. The molecule has 2 heterocycles. The second-order valence-corrected chi connectivity index (χ2v) is 6.98. The van der Waals surface area contributed by atoms with Crippen molar-refractivity contribution >= 4 is 6.03 Å². The molecule has 0 saturated carbocycles. The number of aromatic amines is 1. The van der Waals surface area contributed by atoms with Gasteiger partial charge in [0.05, 0.1) is 18.4 Å². The van der Waals surface area contributed by atoms with Crippen molar-refractivity contribution < 1.29 is 4.79 Å². The molecule has 1 saturated heterocycles. The second kappa shape index (κ2) is 9.38. The Bertz CT molecular complexity index is 679. The lowest BCUT2D eigenvalue weighted by Crippen LogP contribution is -2.38. The zero-order valence-corrected chi connectivity index (χ0v) is 15.6. The van der Waals surface area contributed by atoms with Gasteiger partial charge in [-0.3, -0.25) is 5.10 Å². The van der Waals surface area contributed by atoms with E-state index in [-0.39, 0.29) is 6.03 Å². The third-order valence-electron chi connectivity index (χ3n) is 4.91. The summed E-state index contributed by atoms with van der Waals surface area (Å²) in [4.78, 5) is 16.5. The van der Waals surface area contributed by atoms with E-state index < -0.39 is 0 Å². The third-order valence-corrected chi connectivity index (χ3v) is 4.91. The maximum Gasteiger partial charge on any atom is 0.317 e. The molecule has 6 heteroatoms. The summed E-state index contributed by atoms with van der Waals surface area (Å²) in [5.74, 6) is 0. The second-order valence-electron chi connectivity index (χ2n) is 6.98. The van der Waals surface area contributed by atoms with Crippen molar-refractivity contribution in [1.29, 1.82) is 0 Å². The highest BCUT2D eigenvalue weighted by Gasteiger charge is 2.14. The Hall–Kier alpha value is -2.34. The Balaban J connectivity index is 1.44. The molecule has 1 aliphatic heterocycles. The van der Waals surface area contributed by atoms with Gasteiger partial charge >= 0.3 is 6.03 Å². The van der Waals surface area contributed by atoms with E-state index in [0.29, 0.717) is 6.54 Å². The molecule has 1 aromatic heterocycles. The highest BCUT2D eigenvalue weighted by molar-refractivity contribution is 5.74. The Labute approximate surface area is 155 Å². The predicted octanol–water partition coefficient (Wildman–Crippen LogP) is 3.09. The average molecular weight is 355 g/mol. The molecule has 0 unspecified atom stereocenters. The SMILES string of the molecule is CN(Cc1cn[nH]c1-c1ccccc1)C(=O)NCCCN1CCCCC1. The van der Waals surface area contributed by atoms with Crippen LogP contribution in [0.3, 0.4) is 0 Å². The first-order valence-electron chi connectivity index (χ1n) is 9.53. The molecule has 1 fully saturated rings. The van der Waals surface area contributed by atoms with Crippen LogP contribution in [-0.4, -0.2) is 59.3 Å². The van der Waals surface area contributed by atoms with Crippen LogP contribution in [0.5, 0.6) is 0 Å². The average Bonchev–Trinajstić information content (AvgIpc) is 3.14. The number of nitrogens with zero attached hydrogens (tertiary/aromatic N) is 3. The van der Waals surface area contributed by atoms with Gasteiger partial charge in [-0.2, -0.15) is 5.10 Å². The van der Waals surface area contributed by atoms with Crippen LogP contribution in [0, 0.1) is 0 Å². The monoisotopic (exact) mass is 355 g/mol. The number of benzene rings is 1. The van der Waals surface area contributed by atoms with Gasteiger partial charge in [0.2, 0.25) is 0 Å². The summed E-state index contributed by atoms with van der Waals surface area (Å²) in [6.07, 6.45) is 6.77. The number of carbonyl (C=O) groups is 1. The van der Waals surface area contributed by atoms with Crippen molar-refractivity contribution in [2.75, 3.05) is 33.2 Å². The Morgan fingerprint density at radius 2 is 2.00 bits per heavy atom. The molecule has 2 amide bonds. The molecule has 6 nitrogen and oxygen atoms in total. The van der Waals surface area contributed by atoms with Gasteiger partial charge < -0.3 is 15.1 Å². The van der Waals surface area contributed by atoms with Crippen LogP contribution < -0.4 is 5.32 Å². The van der Waals surface area contributed by atoms with Crippen LogP contribution in [0.15, 0.2) is 36.5 Å². The first-order valence-corrected chi connectivity index (χ1v) is 9.53. The van der Waals surface area contributed by atoms with Crippen LogP contribution in [0.2, 0.25) is 0 Å². The molecular weight excluding hydrogens is 326 g/mol. The van der Waals surface area contributed by atoms with E-state index in [0.717, 1.165) is 36.3 Å². The molecule has 3 rings (SSSR count). The van der Waals surface area contributed by atoms with Gasteiger partial charge in [-0.25, -0.2) is 4.79 Å². The van der Waals surface area contributed by atoms with Crippen molar-refractivity contribution in [2.24, 2.45) is 0 Å². The van der Waals surface area contributed by atoms with Crippen LogP contribution in [0.1, 0.15) is 31.2 Å². The molecule has 0 bridgehead atoms. The van der Waals surface area contributed by atoms with Crippen molar-refractivity contribution in [1.82, 2.24) is 25.3 Å². The predicted molar refractivity (Wildman–Crippen MR) is 104 cm³/mol. The Morgan fingerprint density at radius 1 is 1.23 bits per heavy atom. The lowest BCUT2D eigenvalue weighted by molar-refractivity contribution is 0.203. The molecular formula is C20H29N5O. The fraction of sp³-hybridized carbons (Fsp3) is 0.500. The van der Waals surface area contributed by atoms with Crippen LogP contribution in [-0.2, 0) is 6.54 Å². The van der Waals surface area contributed by atoms with E-state index in [4.69, 9.17) is 0 Å². The van der Waals surface area contributed by atoms with Gasteiger partial charge in [0.15, 0.2) is 0 Å². The molecule has 140 valence electrons. The molecule has 2 aromatic rings. The number of urea groups is 1. The van der Waals surface area contributed by atoms with E-state index in [1.54, 1.807) is 11.1 Å². The van der Waals surface area contributed by atoms with Crippen molar-refractivity contribution in [3.05, 3.63) is 42.1 Å². The van der Waals surface area contributed by atoms with Crippen molar-refractivity contribution in [3.63, 3.8) is 0 Å². The van der Waals surface area contributed by atoms with Crippen molar-refractivity contribution in [2.45, 2.75) is 32.2 Å². The molecule has 0 radical (unpaired) electrons. The van der Waals surface area contributed by atoms with E-state index >= 15 is 0 Å². The lowest BCUT2D eigenvalue weighted by atomic mass is 10.1. The van der Waals surface area contributed by atoms with E-state index in [9.17, 15) is 4.79 Å². The van der Waals surface area contributed by atoms with Crippen LogP contribution in [0.4, 0.5) is 4.79 Å². The number of aromatic nitrogens is 2. The summed E-state index contributed by atoms with van der Waals surface area (Å²) in [7, 11) is 1.82.